The molecule has 1 aromatic carbocycles. The van der Waals surface area contributed by atoms with Crippen molar-refractivity contribution in [2.24, 2.45) is 0 Å². The van der Waals surface area contributed by atoms with Gasteiger partial charge in [-0.05, 0) is 24.1 Å². The summed E-state index contributed by atoms with van der Waals surface area (Å²) in [5.41, 5.74) is 0.546. The van der Waals surface area contributed by atoms with E-state index in [0.717, 1.165) is 19.5 Å². The van der Waals surface area contributed by atoms with Crippen molar-refractivity contribution in [2.45, 2.75) is 12.5 Å². The zero-order valence-electron chi connectivity index (χ0n) is 11.1. The second-order valence-electron chi connectivity index (χ2n) is 4.97. The molecule has 1 aliphatic rings. The van der Waals surface area contributed by atoms with E-state index in [1.807, 2.05) is 4.90 Å². The van der Waals surface area contributed by atoms with E-state index in [2.05, 4.69) is 0 Å². The van der Waals surface area contributed by atoms with Crippen LogP contribution < -0.4 is 0 Å². The van der Waals surface area contributed by atoms with Crippen LogP contribution in [0.3, 0.4) is 0 Å². The maximum atomic E-state index is 13.1. The highest BCUT2D eigenvalue weighted by Gasteiger charge is 2.21. The zero-order valence-corrected chi connectivity index (χ0v) is 11.1. The fourth-order valence-electron chi connectivity index (χ4n) is 2.27. The van der Waals surface area contributed by atoms with E-state index in [1.165, 1.54) is 12.1 Å². The number of amides is 1. The zero-order chi connectivity index (χ0) is 13.8. The summed E-state index contributed by atoms with van der Waals surface area (Å²) in [5, 5.41) is 10.1. The molecule has 1 saturated heterocycles. The summed E-state index contributed by atoms with van der Waals surface area (Å²) >= 11 is 0. The number of likely N-dealkylation sites (N-methyl/N-ethyl adjacent to an activating group) is 1. The van der Waals surface area contributed by atoms with Crippen molar-refractivity contribution < 1.29 is 14.3 Å². The molecule has 0 spiro atoms. The second-order valence-corrected chi connectivity index (χ2v) is 4.97. The Morgan fingerprint density at radius 3 is 2.95 bits per heavy atom. The fraction of sp³-hybridized carbons (Fsp3) is 0.500. The summed E-state index contributed by atoms with van der Waals surface area (Å²) < 4.78 is 13.1. The number of β-amino-alcohol motifs (C(OH)–C–C–N with tert-alkyl or cyclic N) is 1. The molecule has 104 valence electrons. The minimum atomic E-state index is -0.771. The van der Waals surface area contributed by atoms with E-state index in [0.29, 0.717) is 18.7 Å². The SMILES string of the molecule is CN1CCCN(C[C@@H](O)c2cccc(F)c2)CC1=O. The normalized spacial score (nSPS) is 19.3. The third-order valence-electron chi connectivity index (χ3n) is 3.42. The highest BCUT2D eigenvalue weighted by atomic mass is 19.1. The van der Waals surface area contributed by atoms with Gasteiger partial charge in [0.05, 0.1) is 12.6 Å². The van der Waals surface area contributed by atoms with Crippen molar-refractivity contribution in [3.05, 3.63) is 35.6 Å². The Morgan fingerprint density at radius 2 is 2.21 bits per heavy atom. The van der Waals surface area contributed by atoms with E-state index in [1.54, 1.807) is 24.1 Å². The van der Waals surface area contributed by atoms with Gasteiger partial charge in [-0.25, -0.2) is 4.39 Å². The molecule has 0 aromatic heterocycles. The minimum Gasteiger partial charge on any atom is -0.387 e. The predicted octanol–water partition coefficient (Wildman–Crippen LogP) is 1.02. The summed E-state index contributed by atoms with van der Waals surface area (Å²) in [6.07, 6.45) is 0.116. The van der Waals surface area contributed by atoms with Gasteiger partial charge in [0.2, 0.25) is 5.91 Å². The number of hydrogen-bond acceptors (Lipinski definition) is 3. The van der Waals surface area contributed by atoms with Crippen LogP contribution in [-0.2, 0) is 4.79 Å². The Morgan fingerprint density at radius 1 is 1.42 bits per heavy atom. The van der Waals surface area contributed by atoms with Crippen LogP contribution in [0.5, 0.6) is 0 Å². The molecule has 0 aliphatic carbocycles. The molecule has 1 atom stereocenters. The number of rotatable bonds is 3. The van der Waals surface area contributed by atoms with Crippen LogP contribution in [0.15, 0.2) is 24.3 Å². The van der Waals surface area contributed by atoms with E-state index in [-0.39, 0.29) is 11.7 Å². The lowest BCUT2D eigenvalue weighted by atomic mass is 10.1. The first kappa shape index (κ1) is 14.0. The standard InChI is InChI=1S/C14H19FN2O2/c1-16-6-3-7-17(10-14(16)19)9-13(18)11-4-2-5-12(15)8-11/h2,4-5,8,13,18H,3,6-7,9-10H2,1H3/t13-/m1/s1. The first-order valence-electron chi connectivity index (χ1n) is 6.46. The number of hydrogen-bond donors (Lipinski definition) is 1. The molecule has 1 heterocycles. The molecule has 1 fully saturated rings. The van der Waals surface area contributed by atoms with Gasteiger partial charge in [-0.2, -0.15) is 0 Å². The largest absolute Gasteiger partial charge is 0.387 e. The van der Waals surface area contributed by atoms with Gasteiger partial charge in [0.15, 0.2) is 0 Å². The molecule has 1 aliphatic heterocycles. The van der Waals surface area contributed by atoms with Gasteiger partial charge in [0.25, 0.3) is 0 Å². The molecule has 2 rings (SSSR count). The van der Waals surface area contributed by atoms with Crippen molar-refractivity contribution >= 4 is 5.91 Å². The maximum Gasteiger partial charge on any atom is 0.236 e. The first-order chi connectivity index (χ1) is 9.06. The topological polar surface area (TPSA) is 43.8 Å². The number of nitrogens with zero attached hydrogens (tertiary/aromatic N) is 2. The third kappa shape index (κ3) is 3.75. The molecule has 0 unspecified atom stereocenters. The van der Waals surface area contributed by atoms with Crippen LogP contribution >= 0.6 is 0 Å². The predicted molar refractivity (Wildman–Crippen MR) is 70.1 cm³/mol. The molecule has 0 bridgehead atoms. The fourth-order valence-corrected chi connectivity index (χ4v) is 2.27. The number of carbonyl (C=O) groups excluding carboxylic acids is 1. The second kappa shape index (κ2) is 6.12. The van der Waals surface area contributed by atoms with Crippen molar-refractivity contribution in [1.29, 1.82) is 0 Å². The van der Waals surface area contributed by atoms with Gasteiger partial charge < -0.3 is 10.0 Å². The van der Waals surface area contributed by atoms with Crippen LogP contribution in [0, 0.1) is 5.82 Å². The van der Waals surface area contributed by atoms with Gasteiger partial charge in [-0.3, -0.25) is 9.69 Å². The van der Waals surface area contributed by atoms with Crippen LogP contribution in [0.4, 0.5) is 4.39 Å². The molecule has 1 amide bonds. The Hall–Kier alpha value is -1.46. The summed E-state index contributed by atoms with van der Waals surface area (Å²) in [6, 6.07) is 5.95. The van der Waals surface area contributed by atoms with E-state index in [4.69, 9.17) is 0 Å². The lowest BCUT2D eigenvalue weighted by molar-refractivity contribution is -0.130. The van der Waals surface area contributed by atoms with E-state index >= 15 is 0 Å². The number of carbonyl (C=O) groups is 1. The molecular weight excluding hydrogens is 247 g/mol. The van der Waals surface area contributed by atoms with Crippen molar-refractivity contribution in [2.75, 3.05) is 33.2 Å². The summed E-state index contributed by atoms with van der Waals surface area (Å²) in [6.45, 7) is 2.17. The summed E-state index contributed by atoms with van der Waals surface area (Å²) in [4.78, 5) is 15.4. The molecule has 4 nitrogen and oxygen atoms in total. The van der Waals surface area contributed by atoms with Gasteiger partial charge in [0, 0.05) is 26.7 Å². The molecular formula is C14H19FN2O2. The Bertz CT molecular complexity index is 453. The number of benzene rings is 1. The van der Waals surface area contributed by atoms with Gasteiger partial charge >= 0.3 is 0 Å². The van der Waals surface area contributed by atoms with Gasteiger partial charge in [0.1, 0.15) is 5.82 Å². The summed E-state index contributed by atoms with van der Waals surface area (Å²) in [5.74, 6) is -0.299. The first-order valence-corrected chi connectivity index (χ1v) is 6.46. The van der Waals surface area contributed by atoms with E-state index in [9.17, 15) is 14.3 Å². The molecule has 0 saturated carbocycles. The van der Waals surface area contributed by atoms with Crippen LogP contribution in [0.2, 0.25) is 0 Å². The average Bonchev–Trinajstić information content (AvgIpc) is 2.52. The maximum absolute atomic E-state index is 13.1. The number of aliphatic hydroxyl groups is 1. The molecule has 5 heteroatoms. The number of halogens is 1. The smallest absolute Gasteiger partial charge is 0.236 e. The van der Waals surface area contributed by atoms with Crippen LogP contribution in [0.1, 0.15) is 18.1 Å². The Kier molecular flexibility index (Phi) is 4.50. The lowest BCUT2D eigenvalue weighted by Gasteiger charge is -2.22. The van der Waals surface area contributed by atoms with Crippen LogP contribution in [0.25, 0.3) is 0 Å². The molecule has 1 aromatic rings. The Labute approximate surface area is 112 Å². The number of aliphatic hydroxyl groups excluding tert-OH is 1. The summed E-state index contributed by atoms with van der Waals surface area (Å²) in [7, 11) is 1.79. The highest BCUT2D eigenvalue weighted by molar-refractivity contribution is 5.78. The molecule has 0 radical (unpaired) electrons. The Balaban J connectivity index is 1.98. The van der Waals surface area contributed by atoms with Gasteiger partial charge in [-0.15, -0.1) is 0 Å². The lowest BCUT2D eigenvalue weighted by Crippen LogP contribution is -2.36. The quantitative estimate of drug-likeness (QED) is 0.888. The third-order valence-corrected chi connectivity index (χ3v) is 3.42. The minimum absolute atomic E-state index is 0.0592. The van der Waals surface area contributed by atoms with Crippen molar-refractivity contribution in [3.8, 4) is 0 Å². The van der Waals surface area contributed by atoms with Crippen molar-refractivity contribution in [3.63, 3.8) is 0 Å². The van der Waals surface area contributed by atoms with E-state index < -0.39 is 6.10 Å². The molecule has 1 N–H and O–H groups in total. The van der Waals surface area contributed by atoms with Crippen LogP contribution in [-0.4, -0.2) is 54.0 Å². The van der Waals surface area contributed by atoms with Gasteiger partial charge in [-0.1, -0.05) is 12.1 Å². The van der Waals surface area contributed by atoms with Crippen molar-refractivity contribution in [1.82, 2.24) is 9.80 Å². The molecule has 19 heavy (non-hydrogen) atoms. The highest BCUT2D eigenvalue weighted by Crippen LogP contribution is 2.16. The monoisotopic (exact) mass is 266 g/mol. The average molecular weight is 266 g/mol.